The molecule has 0 unspecified atom stereocenters. The lowest BCUT2D eigenvalue weighted by Gasteiger charge is -2.18. The third-order valence-corrected chi connectivity index (χ3v) is 7.14. The highest BCUT2D eigenvalue weighted by Crippen LogP contribution is 2.47. The number of thiol groups is 1. The number of rotatable bonds is 9. The Labute approximate surface area is 195 Å². The molecule has 0 radical (unpaired) electrons. The second-order valence-corrected chi connectivity index (χ2v) is 10.5. The van der Waals surface area contributed by atoms with Gasteiger partial charge in [0, 0.05) is 15.7 Å². The van der Waals surface area contributed by atoms with E-state index in [0.29, 0.717) is 0 Å². The lowest BCUT2D eigenvalue weighted by atomic mass is 10.1. The number of alkyl halides is 3. The molecule has 0 spiro atoms. The first-order valence-electron chi connectivity index (χ1n) is 10.6. The normalized spacial score (nSPS) is 14.3. The molecule has 2 aromatic carbocycles. The Kier molecular flexibility index (Phi) is 10.1. The molecule has 0 atom stereocenters. The number of unbranched alkanes of at least 4 members (excludes halogenated alkanes) is 2. The topological polar surface area (TPSA) is 72.8 Å². The van der Waals surface area contributed by atoms with E-state index in [2.05, 4.69) is 67.1 Å². The van der Waals surface area contributed by atoms with Crippen LogP contribution in [-0.2, 0) is 10.1 Å². The number of hydrogen-bond acceptors (Lipinski definition) is 4. The summed E-state index contributed by atoms with van der Waals surface area (Å²) in [6, 6.07) is 10.8. The highest BCUT2D eigenvalue weighted by molar-refractivity contribution is 8.22. The van der Waals surface area contributed by atoms with Gasteiger partial charge in [0.2, 0.25) is 0 Å². The maximum absolute atomic E-state index is 10.7. The van der Waals surface area contributed by atoms with Crippen molar-refractivity contribution in [1.82, 2.24) is 0 Å². The van der Waals surface area contributed by atoms with Crippen LogP contribution in [0.3, 0.4) is 0 Å². The maximum Gasteiger partial charge on any atom is 0.522 e. The molecule has 0 saturated carbocycles. The Bertz CT molecular complexity index is 1070. The van der Waals surface area contributed by atoms with Crippen molar-refractivity contribution >= 4 is 31.8 Å². The largest absolute Gasteiger partial charge is 0.522 e. The Morgan fingerprint density at radius 2 is 1.48 bits per heavy atom. The molecule has 33 heavy (non-hydrogen) atoms. The van der Waals surface area contributed by atoms with E-state index >= 15 is 0 Å². The van der Waals surface area contributed by atoms with E-state index < -0.39 is 15.6 Å². The fourth-order valence-corrected chi connectivity index (χ4v) is 4.58. The lowest BCUT2D eigenvalue weighted by Crippen LogP contribution is -2.21. The number of allylic oxidation sites excluding steroid dienone is 2. The minimum atomic E-state index is -5.84. The van der Waals surface area contributed by atoms with Gasteiger partial charge in [0.15, 0.2) is 0 Å². The van der Waals surface area contributed by atoms with E-state index in [1.807, 2.05) is 0 Å². The number of halogens is 3. The molecular formula is C23H29F3O5S2. The molecule has 2 aromatic rings. The Hall–Kier alpha value is -2.17. The van der Waals surface area contributed by atoms with Crippen LogP contribution in [0.5, 0.6) is 11.5 Å². The van der Waals surface area contributed by atoms with Gasteiger partial charge in [0.05, 0.1) is 13.2 Å². The molecule has 0 amide bonds. The molecular weight excluding hydrogens is 477 g/mol. The molecule has 0 aromatic heterocycles. The van der Waals surface area contributed by atoms with E-state index in [-0.39, 0.29) is 10.9 Å². The number of fused-ring (bicyclic) bond motifs is 1. The van der Waals surface area contributed by atoms with E-state index in [4.69, 9.17) is 22.4 Å². The fourth-order valence-electron chi connectivity index (χ4n) is 2.88. The molecule has 1 N–H and O–H groups in total. The van der Waals surface area contributed by atoms with Crippen molar-refractivity contribution in [3.63, 3.8) is 0 Å². The second-order valence-electron chi connectivity index (χ2n) is 7.21. The summed E-state index contributed by atoms with van der Waals surface area (Å²) in [7, 11) is -6.21. The molecule has 184 valence electrons. The maximum atomic E-state index is 10.7. The van der Waals surface area contributed by atoms with Gasteiger partial charge in [-0.2, -0.15) is 32.5 Å². The summed E-state index contributed by atoms with van der Waals surface area (Å²) in [5.41, 5.74) is -5.53. The van der Waals surface area contributed by atoms with Crippen molar-refractivity contribution < 1.29 is 35.6 Å². The second kappa shape index (κ2) is 12.3. The molecule has 10 heteroatoms. The monoisotopic (exact) mass is 506 g/mol. The van der Waals surface area contributed by atoms with Crippen LogP contribution in [0.25, 0.3) is 10.8 Å². The third kappa shape index (κ3) is 7.97. The van der Waals surface area contributed by atoms with Crippen molar-refractivity contribution in [1.29, 1.82) is 0 Å². The summed E-state index contributed by atoms with van der Waals surface area (Å²) in [6.07, 6.45) is 8.75. The van der Waals surface area contributed by atoms with Crippen LogP contribution >= 0.6 is 10.9 Å². The summed E-state index contributed by atoms with van der Waals surface area (Å²) in [5.74, 6) is 1.93. The van der Waals surface area contributed by atoms with Crippen LogP contribution in [0.4, 0.5) is 13.2 Å². The van der Waals surface area contributed by atoms with Gasteiger partial charge in [-0.05, 0) is 54.0 Å². The Morgan fingerprint density at radius 1 is 0.909 bits per heavy atom. The van der Waals surface area contributed by atoms with Gasteiger partial charge in [-0.15, -0.1) is 0 Å². The molecule has 0 fully saturated rings. The van der Waals surface area contributed by atoms with Crippen LogP contribution in [0.15, 0.2) is 58.2 Å². The Morgan fingerprint density at radius 3 is 2.03 bits per heavy atom. The summed E-state index contributed by atoms with van der Waals surface area (Å²) in [4.78, 5) is 1.37. The molecule has 0 bridgehead atoms. The molecule has 0 saturated heterocycles. The van der Waals surface area contributed by atoms with Gasteiger partial charge in [-0.3, -0.25) is 4.55 Å². The van der Waals surface area contributed by atoms with Gasteiger partial charge in [0.25, 0.3) is 0 Å². The van der Waals surface area contributed by atoms with Crippen molar-refractivity contribution in [3.8, 4) is 11.5 Å². The highest BCUT2D eigenvalue weighted by Gasteiger charge is 2.44. The molecule has 1 aliphatic rings. The summed E-state index contributed by atoms with van der Waals surface area (Å²) >= 11 is 0. The van der Waals surface area contributed by atoms with Crippen LogP contribution in [0.1, 0.15) is 39.5 Å². The number of benzene rings is 2. The first-order chi connectivity index (χ1) is 15.6. The first kappa shape index (κ1) is 27.1. The highest BCUT2D eigenvalue weighted by atomic mass is 32.2. The molecule has 1 heterocycles. The lowest BCUT2D eigenvalue weighted by molar-refractivity contribution is -0.0510. The predicted molar refractivity (Wildman–Crippen MR) is 128 cm³/mol. The predicted octanol–water partition coefficient (Wildman–Crippen LogP) is 6.99. The van der Waals surface area contributed by atoms with Gasteiger partial charge in [-0.1, -0.05) is 38.8 Å². The van der Waals surface area contributed by atoms with Crippen molar-refractivity contribution in [2.45, 2.75) is 49.9 Å². The van der Waals surface area contributed by atoms with Gasteiger partial charge >= 0.3 is 15.6 Å². The quantitative estimate of drug-likeness (QED) is 0.166. The van der Waals surface area contributed by atoms with Crippen molar-refractivity contribution in [2.75, 3.05) is 13.2 Å². The zero-order valence-corrected chi connectivity index (χ0v) is 20.2. The van der Waals surface area contributed by atoms with Crippen molar-refractivity contribution in [3.05, 3.63) is 53.3 Å². The van der Waals surface area contributed by atoms with Gasteiger partial charge in [0.1, 0.15) is 11.5 Å². The first-order valence-corrected chi connectivity index (χ1v) is 13.5. The Balaban J connectivity index is 0.000000414. The summed E-state index contributed by atoms with van der Waals surface area (Å²) in [6.45, 7) is 5.92. The number of hydrogen-bond donors (Lipinski definition) is 2. The minimum Gasteiger partial charge on any atom is -0.494 e. The van der Waals surface area contributed by atoms with E-state index in [0.717, 1.165) is 50.4 Å². The zero-order valence-electron chi connectivity index (χ0n) is 18.5. The minimum absolute atomic E-state index is 0.369. The zero-order chi connectivity index (χ0) is 24.5. The van der Waals surface area contributed by atoms with Crippen LogP contribution in [-0.4, -0.2) is 31.7 Å². The SMILES string of the molecule is CCCCOc1ccc2c(OCCCC)ccc([SH]3C=CC=C3)c2c1.O=S(=O)(O)C(F)(F)F. The molecule has 3 rings (SSSR count). The van der Waals surface area contributed by atoms with Crippen LogP contribution in [0, 0.1) is 0 Å². The summed E-state index contributed by atoms with van der Waals surface area (Å²) < 4.78 is 69.5. The van der Waals surface area contributed by atoms with E-state index in [1.54, 1.807) is 0 Å². The van der Waals surface area contributed by atoms with E-state index in [9.17, 15) is 13.2 Å². The van der Waals surface area contributed by atoms with Gasteiger partial charge in [-0.25, -0.2) is 0 Å². The van der Waals surface area contributed by atoms with Crippen LogP contribution < -0.4 is 9.47 Å². The fraction of sp³-hybridized carbons (Fsp3) is 0.391. The molecule has 1 aliphatic heterocycles. The standard InChI is InChI=1S/C22H28O2S.CHF3O3S/c1-3-5-13-23-18-9-10-19-20(17-18)22(25-15-7-8-16-25)12-11-21(19)24-14-6-4-2;2-1(3,4)8(5,6)7/h7-12,15-17,25H,3-6,13-14H2,1-2H3;(H,5,6,7). The average Bonchev–Trinajstić information content (AvgIpc) is 3.28. The van der Waals surface area contributed by atoms with Crippen molar-refractivity contribution in [2.24, 2.45) is 0 Å². The smallest absolute Gasteiger partial charge is 0.494 e. The molecule has 0 aliphatic carbocycles. The average molecular weight is 507 g/mol. The van der Waals surface area contributed by atoms with Crippen LogP contribution in [0.2, 0.25) is 0 Å². The number of ether oxygens (including phenoxy) is 2. The summed E-state index contributed by atoms with van der Waals surface area (Å²) in [5, 5.41) is 7.04. The molecule has 5 nitrogen and oxygen atoms in total. The third-order valence-electron chi connectivity index (χ3n) is 4.62. The van der Waals surface area contributed by atoms with E-state index in [1.165, 1.54) is 15.7 Å². The van der Waals surface area contributed by atoms with Gasteiger partial charge < -0.3 is 9.47 Å².